The summed E-state index contributed by atoms with van der Waals surface area (Å²) in [6.07, 6.45) is 6.58. The van der Waals surface area contributed by atoms with Gasteiger partial charge in [0, 0.05) is 24.4 Å². The van der Waals surface area contributed by atoms with Gasteiger partial charge in [-0.05, 0) is 31.4 Å². The first kappa shape index (κ1) is 16.3. The topological polar surface area (TPSA) is 69.5 Å². The van der Waals surface area contributed by atoms with Gasteiger partial charge in [0.2, 0.25) is 0 Å². The Kier molecular flexibility index (Phi) is 4.98. The second-order valence-corrected chi connectivity index (χ2v) is 5.87. The van der Waals surface area contributed by atoms with Gasteiger partial charge in [0.25, 0.3) is 5.91 Å². The van der Waals surface area contributed by atoms with Gasteiger partial charge >= 0.3 is 0 Å². The summed E-state index contributed by atoms with van der Waals surface area (Å²) in [6, 6.07) is 5.39. The molecule has 1 aromatic carbocycles. The Morgan fingerprint density at radius 2 is 1.96 bits per heavy atom. The highest BCUT2D eigenvalue weighted by molar-refractivity contribution is 5.95. The van der Waals surface area contributed by atoms with E-state index < -0.39 is 0 Å². The molecule has 1 fully saturated rings. The minimum absolute atomic E-state index is 0.00276. The molecule has 2 heterocycles. The molecule has 128 valence electrons. The molecule has 0 unspecified atom stereocenters. The number of methoxy groups -OCH3 is 2. The average molecular weight is 330 g/mol. The van der Waals surface area contributed by atoms with Gasteiger partial charge in [0.1, 0.15) is 11.5 Å². The predicted molar refractivity (Wildman–Crippen MR) is 88.2 cm³/mol. The van der Waals surface area contributed by atoms with Crippen LogP contribution in [0.2, 0.25) is 0 Å². The van der Waals surface area contributed by atoms with E-state index in [1.807, 2.05) is 11.1 Å². The lowest BCUT2D eigenvalue weighted by Gasteiger charge is -2.35. The molecule has 1 aliphatic heterocycles. The molecule has 1 aromatic heterocycles. The van der Waals surface area contributed by atoms with Crippen molar-refractivity contribution in [1.29, 1.82) is 0 Å². The molecule has 1 amide bonds. The molecule has 24 heavy (non-hydrogen) atoms. The minimum atomic E-state index is -0.00276. The fourth-order valence-corrected chi connectivity index (χ4v) is 3.10. The summed E-state index contributed by atoms with van der Waals surface area (Å²) in [5, 5.41) is 7.86. The Morgan fingerprint density at radius 3 is 2.58 bits per heavy atom. The fourth-order valence-electron chi connectivity index (χ4n) is 3.10. The zero-order valence-corrected chi connectivity index (χ0v) is 14.0. The second kappa shape index (κ2) is 7.33. The number of piperidine rings is 1. The lowest BCUT2D eigenvalue weighted by atomic mass is 10.0. The zero-order chi connectivity index (χ0) is 16.9. The number of ether oxygens (including phenoxy) is 2. The first-order valence-electron chi connectivity index (χ1n) is 8.09. The van der Waals surface area contributed by atoms with Crippen molar-refractivity contribution in [2.75, 3.05) is 20.8 Å². The quantitative estimate of drug-likeness (QED) is 0.838. The summed E-state index contributed by atoms with van der Waals surface area (Å²) in [5.41, 5.74) is 0.580. The van der Waals surface area contributed by atoms with Gasteiger partial charge in [-0.3, -0.25) is 9.48 Å². The number of likely N-dealkylation sites (tertiary alicyclic amines) is 1. The van der Waals surface area contributed by atoms with E-state index in [4.69, 9.17) is 9.47 Å². The van der Waals surface area contributed by atoms with Crippen molar-refractivity contribution in [3.05, 3.63) is 36.2 Å². The molecule has 0 aliphatic carbocycles. The van der Waals surface area contributed by atoms with Crippen molar-refractivity contribution >= 4 is 5.91 Å². The summed E-state index contributed by atoms with van der Waals surface area (Å²) in [4.78, 5) is 15.0. The average Bonchev–Trinajstić information content (AvgIpc) is 3.14. The monoisotopic (exact) mass is 330 g/mol. The number of hydrogen-bond acceptors (Lipinski definition) is 5. The van der Waals surface area contributed by atoms with Crippen molar-refractivity contribution in [1.82, 2.24) is 19.9 Å². The maximum atomic E-state index is 13.0. The van der Waals surface area contributed by atoms with Crippen LogP contribution in [0.25, 0.3) is 0 Å². The number of hydrogen-bond donors (Lipinski definition) is 0. The molecule has 0 spiro atoms. The van der Waals surface area contributed by atoms with Crippen LogP contribution in [-0.2, 0) is 6.54 Å². The van der Waals surface area contributed by atoms with Crippen LogP contribution in [0.4, 0.5) is 0 Å². The van der Waals surface area contributed by atoms with Gasteiger partial charge in [-0.2, -0.15) is 0 Å². The molecule has 0 bridgehead atoms. The van der Waals surface area contributed by atoms with E-state index in [-0.39, 0.29) is 11.9 Å². The van der Waals surface area contributed by atoms with Gasteiger partial charge < -0.3 is 14.4 Å². The van der Waals surface area contributed by atoms with Gasteiger partial charge in [-0.25, -0.2) is 0 Å². The SMILES string of the molecule is COc1cc(OC)cc(C(=O)N2CCCC[C@H]2Cn2ccnn2)c1. The number of aromatic nitrogens is 3. The summed E-state index contributed by atoms with van der Waals surface area (Å²) >= 11 is 0. The van der Waals surface area contributed by atoms with Gasteiger partial charge in [-0.15, -0.1) is 5.10 Å². The third kappa shape index (κ3) is 3.50. The van der Waals surface area contributed by atoms with Crippen LogP contribution in [0, 0.1) is 0 Å². The van der Waals surface area contributed by atoms with Crippen LogP contribution in [0.1, 0.15) is 29.6 Å². The highest BCUT2D eigenvalue weighted by Crippen LogP contribution is 2.26. The molecule has 3 rings (SSSR count). The molecule has 2 aromatic rings. The normalized spacial score (nSPS) is 17.6. The van der Waals surface area contributed by atoms with Crippen molar-refractivity contribution in [3.8, 4) is 11.5 Å². The number of carbonyl (C=O) groups excluding carboxylic acids is 1. The molecule has 1 saturated heterocycles. The number of rotatable bonds is 5. The van der Waals surface area contributed by atoms with Crippen LogP contribution in [0.5, 0.6) is 11.5 Å². The smallest absolute Gasteiger partial charge is 0.254 e. The highest BCUT2D eigenvalue weighted by atomic mass is 16.5. The van der Waals surface area contributed by atoms with E-state index in [0.29, 0.717) is 23.6 Å². The van der Waals surface area contributed by atoms with Gasteiger partial charge in [0.05, 0.1) is 33.0 Å². The van der Waals surface area contributed by atoms with E-state index in [1.54, 1.807) is 43.3 Å². The molecular formula is C17H22N4O3. The van der Waals surface area contributed by atoms with Crippen molar-refractivity contribution in [2.24, 2.45) is 0 Å². The number of nitrogens with zero attached hydrogens (tertiary/aromatic N) is 4. The summed E-state index contributed by atoms with van der Waals surface area (Å²) in [5.74, 6) is 1.22. The van der Waals surface area contributed by atoms with Gasteiger partial charge in [0.15, 0.2) is 0 Å². The van der Waals surface area contributed by atoms with Crippen molar-refractivity contribution in [3.63, 3.8) is 0 Å². The zero-order valence-electron chi connectivity index (χ0n) is 14.0. The Bertz CT molecular complexity index is 665. The molecule has 0 saturated carbocycles. The number of benzene rings is 1. The molecule has 1 atom stereocenters. The van der Waals surface area contributed by atoms with E-state index in [2.05, 4.69) is 10.3 Å². The van der Waals surface area contributed by atoms with Crippen LogP contribution < -0.4 is 9.47 Å². The fraction of sp³-hybridized carbons (Fsp3) is 0.471. The highest BCUT2D eigenvalue weighted by Gasteiger charge is 2.28. The van der Waals surface area contributed by atoms with Crippen molar-refractivity contribution in [2.45, 2.75) is 31.8 Å². The largest absolute Gasteiger partial charge is 0.497 e. The van der Waals surface area contributed by atoms with Crippen LogP contribution in [-0.4, -0.2) is 52.6 Å². The Balaban J connectivity index is 1.83. The van der Waals surface area contributed by atoms with E-state index >= 15 is 0 Å². The molecule has 7 nitrogen and oxygen atoms in total. The number of amides is 1. The standard InChI is InChI=1S/C17H22N4O3/c1-23-15-9-13(10-16(11-15)24-2)17(22)21-7-4-3-5-14(21)12-20-8-6-18-19-20/h6,8-11,14H,3-5,7,12H2,1-2H3/t14-/m0/s1. The maximum absolute atomic E-state index is 13.0. The maximum Gasteiger partial charge on any atom is 0.254 e. The van der Waals surface area contributed by atoms with Crippen molar-refractivity contribution < 1.29 is 14.3 Å². The molecular weight excluding hydrogens is 308 g/mol. The first-order chi connectivity index (χ1) is 11.7. The Labute approximate surface area is 141 Å². The van der Waals surface area contributed by atoms with Crippen LogP contribution >= 0.6 is 0 Å². The predicted octanol–water partition coefficient (Wildman–Crippen LogP) is 1.99. The molecule has 0 radical (unpaired) electrons. The number of carbonyl (C=O) groups is 1. The van der Waals surface area contributed by atoms with E-state index in [0.717, 1.165) is 25.8 Å². The van der Waals surface area contributed by atoms with Gasteiger partial charge in [-0.1, -0.05) is 5.21 Å². The van der Waals surface area contributed by atoms with E-state index in [1.165, 1.54) is 0 Å². The lowest BCUT2D eigenvalue weighted by Crippen LogP contribution is -2.46. The summed E-state index contributed by atoms with van der Waals surface area (Å²) in [7, 11) is 3.16. The first-order valence-corrected chi connectivity index (χ1v) is 8.09. The third-order valence-electron chi connectivity index (χ3n) is 4.36. The summed E-state index contributed by atoms with van der Waals surface area (Å²) in [6.45, 7) is 1.41. The molecule has 0 N–H and O–H groups in total. The minimum Gasteiger partial charge on any atom is -0.497 e. The third-order valence-corrected chi connectivity index (χ3v) is 4.36. The van der Waals surface area contributed by atoms with Crippen LogP contribution in [0.15, 0.2) is 30.6 Å². The second-order valence-electron chi connectivity index (χ2n) is 5.87. The lowest BCUT2D eigenvalue weighted by molar-refractivity contribution is 0.0582. The summed E-state index contributed by atoms with van der Waals surface area (Å²) < 4.78 is 12.3. The Morgan fingerprint density at radius 1 is 1.21 bits per heavy atom. The Hall–Kier alpha value is -2.57. The van der Waals surface area contributed by atoms with E-state index in [9.17, 15) is 4.79 Å². The molecule has 1 aliphatic rings. The van der Waals surface area contributed by atoms with Crippen LogP contribution in [0.3, 0.4) is 0 Å². The molecule has 7 heteroatoms.